The molecule has 3 nitrogen and oxygen atoms in total. The van der Waals surface area contributed by atoms with E-state index in [1.54, 1.807) is 7.11 Å². The van der Waals surface area contributed by atoms with E-state index in [9.17, 15) is 0 Å². The van der Waals surface area contributed by atoms with Gasteiger partial charge in [-0.15, -0.1) is 0 Å². The lowest BCUT2D eigenvalue weighted by molar-refractivity contribution is 0.144. The molecule has 1 aliphatic heterocycles. The number of nitrogens with zero attached hydrogens (tertiary/aromatic N) is 1. The summed E-state index contributed by atoms with van der Waals surface area (Å²) >= 11 is 0. The molecule has 0 spiro atoms. The SMILES string of the molecule is CCC(CNC(C)(C)C)N1CCC(COC)C1. The maximum Gasteiger partial charge on any atom is 0.0503 e. The summed E-state index contributed by atoms with van der Waals surface area (Å²) in [5.41, 5.74) is 0.221. The largest absolute Gasteiger partial charge is 0.384 e. The van der Waals surface area contributed by atoms with Crippen LogP contribution in [0.25, 0.3) is 0 Å². The Labute approximate surface area is 107 Å². The lowest BCUT2D eigenvalue weighted by Crippen LogP contribution is -2.46. The van der Waals surface area contributed by atoms with Crippen molar-refractivity contribution in [1.82, 2.24) is 10.2 Å². The molecule has 0 bridgehead atoms. The van der Waals surface area contributed by atoms with Gasteiger partial charge >= 0.3 is 0 Å². The fourth-order valence-corrected chi connectivity index (χ4v) is 2.52. The van der Waals surface area contributed by atoms with E-state index in [1.165, 1.54) is 25.9 Å². The Morgan fingerprint density at radius 3 is 2.65 bits per heavy atom. The minimum atomic E-state index is 0.221. The van der Waals surface area contributed by atoms with Gasteiger partial charge in [-0.05, 0) is 46.1 Å². The molecule has 1 heterocycles. The van der Waals surface area contributed by atoms with Gasteiger partial charge in [0, 0.05) is 31.8 Å². The second-order valence-corrected chi connectivity index (χ2v) is 6.30. The topological polar surface area (TPSA) is 24.5 Å². The third kappa shape index (κ3) is 5.36. The molecule has 1 fully saturated rings. The summed E-state index contributed by atoms with van der Waals surface area (Å²) in [5, 5.41) is 3.62. The average Bonchev–Trinajstić information content (AvgIpc) is 2.66. The molecular weight excluding hydrogens is 212 g/mol. The summed E-state index contributed by atoms with van der Waals surface area (Å²) < 4.78 is 5.26. The van der Waals surface area contributed by atoms with Crippen LogP contribution in [0.4, 0.5) is 0 Å². The number of ether oxygens (including phenoxy) is 1. The van der Waals surface area contributed by atoms with Crippen LogP contribution in [0.15, 0.2) is 0 Å². The smallest absolute Gasteiger partial charge is 0.0503 e. The summed E-state index contributed by atoms with van der Waals surface area (Å²) in [5.74, 6) is 0.740. The highest BCUT2D eigenvalue weighted by Crippen LogP contribution is 2.20. The Bertz CT molecular complexity index is 213. The quantitative estimate of drug-likeness (QED) is 0.772. The Kier molecular flexibility index (Phi) is 5.90. The molecule has 0 radical (unpaired) electrons. The molecule has 0 aliphatic carbocycles. The van der Waals surface area contributed by atoms with Crippen molar-refractivity contribution in [3.05, 3.63) is 0 Å². The average molecular weight is 242 g/mol. The van der Waals surface area contributed by atoms with Crippen molar-refractivity contribution in [2.45, 2.75) is 52.1 Å². The highest BCUT2D eigenvalue weighted by molar-refractivity contribution is 4.84. The minimum absolute atomic E-state index is 0.221. The normalized spacial score (nSPS) is 24.2. The van der Waals surface area contributed by atoms with Crippen LogP contribution >= 0.6 is 0 Å². The van der Waals surface area contributed by atoms with Crippen LogP contribution in [-0.4, -0.2) is 49.8 Å². The maximum atomic E-state index is 5.26. The van der Waals surface area contributed by atoms with Gasteiger partial charge in [0.15, 0.2) is 0 Å². The standard InChI is InChI=1S/C14H30N2O/c1-6-13(9-15-14(2,3)4)16-8-7-12(10-16)11-17-5/h12-13,15H,6-11H2,1-5H3. The number of likely N-dealkylation sites (tertiary alicyclic amines) is 1. The lowest BCUT2D eigenvalue weighted by Gasteiger charge is -2.31. The lowest BCUT2D eigenvalue weighted by atomic mass is 10.1. The number of hydrogen-bond acceptors (Lipinski definition) is 3. The van der Waals surface area contributed by atoms with Gasteiger partial charge in [0.2, 0.25) is 0 Å². The molecular formula is C14H30N2O. The van der Waals surface area contributed by atoms with E-state index in [0.29, 0.717) is 6.04 Å². The van der Waals surface area contributed by atoms with Gasteiger partial charge in [0.25, 0.3) is 0 Å². The van der Waals surface area contributed by atoms with Gasteiger partial charge in [0.1, 0.15) is 0 Å². The Morgan fingerprint density at radius 1 is 1.41 bits per heavy atom. The van der Waals surface area contributed by atoms with Crippen molar-refractivity contribution < 1.29 is 4.74 Å². The molecule has 0 aromatic carbocycles. The van der Waals surface area contributed by atoms with Crippen LogP contribution in [-0.2, 0) is 4.74 Å². The van der Waals surface area contributed by atoms with E-state index in [2.05, 4.69) is 37.9 Å². The van der Waals surface area contributed by atoms with Crippen LogP contribution in [0.2, 0.25) is 0 Å². The van der Waals surface area contributed by atoms with Crippen LogP contribution in [0, 0.1) is 5.92 Å². The summed E-state index contributed by atoms with van der Waals surface area (Å²) in [6, 6.07) is 0.677. The van der Waals surface area contributed by atoms with E-state index in [4.69, 9.17) is 4.74 Å². The molecule has 0 aromatic heterocycles. The van der Waals surface area contributed by atoms with Gasteiger partial charge in [-0.25, -0.2) is 0 Å². The number of nitrogens with one attached hydrogen (secondary N) is 1. The predicted octanol–water partition coefficient (Wildman–Crippen LogP) is 2.12. The van der Waals surface area contributed by atoms with Crippen molar-refractivity contribution in [3.8, 4) is 0 Å². The first-order valence-electron chi connectivity index (χ1n) is 6.94. The van der Waals surface area contributed by atoms with Crippen molar-refractivity contribution in [2.24, 2.45) is 5.92 Å². The molecule has 17 heavy (non-hydrogen) atoms. The van der Waals surface area contributed by atoms with Crippen molar-refractivity contribution in [2.75, 3.05) is 33.4 Å². The first kappa shape index (κ1) is 14.9. The summed E-state index contributed by atoms with van der Waals surface area (Å²) in [6.45, 7) is 13.4. The third-order valence-electron chi connectivity index (χ3n) is 3.58. The van der Waals surface area contributed by atoms with Gasteiger partial charge < -0.3 is 10.1 Å². The Morgan fingerprint density at radius 2 is 2.12 bits per heavy atom. The molecule has 2 atom stereocenters. The molecule has 1 aliphatic rings. The fraction of sp³-hybridized carbons (Fsp3) is 1.00. The number of hydrogen-bond donors (Lipinski definition) is 1. The van der Waals surface area contributed by atoms with Gasteiger partial charge in [0.05, 0.1) is 6.61 Å². The van der Waals surface area contributed by atoms with Crippen LogP contribution in [0.3, 0.4) is 0 Å². The summed E-state index contributed by atoms with van der Waals surface area (Å²) in [7, 11) is 1.81. The van der Waals surface area contributed by atoms with Gasteiger partial charge in [-0.1, -0.05) is 6.92 Å². The zero-order valence-electron chi connectivity index (χ0n) is 12.3. The van der Waals surface area contributed by atoms with Crippen molar-refractivity contribution >= 4 is 0 Å². The van der Waals surface area contributed by atoms with Crippen LogP contribution in [0.1, 0.15) is 40.5 Å². The molecule has 1 N–H and O–H groups in total. The first-order chi connectivity index (χ1) is 7.96. The van der Waals surface area contributed by atoms with Crippen molar-refractivity contribution in [1.29, 1.82) is 0 Å². The molecule has 102 valence electrons. The predicted molar refractivity (Wildman–Crippen MR) is 73.4 cm³/mol. The minimum Gasteiger partial charge on any atom is -0.384 e. The molecule has 1 saturated heterocycles. The Balaban J connectivity index is 2.36. The molecule has 1 rings (SSSR count). The van der Waals surface area contributed by atoms with Gasteiger partial charge in [-0.2, -0.15) is 0 Å². The first-order valence-corrected chi connectivity index (χ1v) is 6.94. The molecule has 0 saturated carbocycles. The zero-order valence-corrected chi connectivity index (χ0v) is 12.3. The zero-order chi connectivity index (χ0) is 12.9. The van der Waals surface area contributed by atoms with Gasteiger partial charge in [-0.3, -0.25) is 4.90 Å². The molecule has 2 unspecified atom stereocenters. The monoisotopic (exact) mass is 242 g/mol. The molecule has 3 heteroatoms. The van der Waals surface area contributed by atoms with E-state index in [-0.39, 0.29) is 5.54 Å². The van der Waals surface area contributed by atoms with Crippen molar-refractivity contribution in [3.63, 3.8) is 0 Å². The third-order valence-corrected chi connectivity index (χ3v) is 3.58. The van der Waals surface area contributed by atoms with E-state index in [0.717, 1.165) is 19.1 Å². The second kappa shape index (κ2) is 6.72. The van der Waals surface area contributed by atoms with E-state index >= 15 is 0 Å². The highest BCUT2D eigenvalue weighted by atomic mass is 16.5. The molecule has 0 aromatic rings. The number of methoxy groups -OCH3 is 1. The Hall–Kier alpha value is -0.120. The van der Waals surface area contributed by atoms with Crippen LogP contribution < -0.4 is 5.32 Å². The maximum absolute atomic E-state index is 5.26. The summed E-state index contributed by atoms with van der Waals surface area (Å²) in [4.78, 5) is 2.63. The number of rotatable bonds is 6. The molecule has 0 amide bonds. The van der Waals surface area contributed by atoms with Crippen LogP contribution in [0.5, 0.6) is 0 Å². The fourth-order valence-electron chi connectivity index (χ4n) is 2.52. The van der Waals surface area contributed by atoms with E-state index in [1.807, 2.05) is 0 Å². The summed E-state index contributed by atoms with van der Waals surface area (Å²) in [6.07, 6.45) is 2.52. The second-order valence-electron chi connectivity index (χ2n) is 6.30. The highest BCUT2D eigenvalue weighted by Gasteiger charge is 2.27. The van der Waals surface area contributed by atoms with E-state index < -0.39 is 0 Å².